The van der Waals surface area contributed by atoms with Gasteiger partial charge in [0.25, 0.3) is 0 Å². The molecule has 2 aliphatic rings. The van der Waals surface area contributed by atoms with Crippen molar-refractivity contribution in [1.82, 2.24) is 15.0 Å². The van der Waals surface area contributed by atoms with Crippen LogP contribution in [-0.4, -0.2) is 67.4 Å². The van der Waals surface area contributed by atoms with E-state index in [2.05, 4.69) is 35.7 Å². The number of nitrogens with zero attached hydrogens (tertiary/aromatic N) is 7. The summed E-state index contributed by atoms with van der Waals surface area (Å²) in [4.78, 5) is 19.7. The molecule has 0 unspecified atom stereocenters. The van der Waals surface area contributed by atoms with Crippen molar-refractivity contribution in [2.75, 3.05) is 72.9 Å². The van der Waals surface area contributed by atoms with Crippen LogP contribution in [0.1, 0.15) is 5.56 Å². The molecule has 0 aliphatic carbocycles. The lowest BCUT2D eigenvalue weighted by atomic mass is 10.2. The van der Waals surface area contributed by atoms with Gasteiger partial charge in [0.1, 0.15) is 23.5 Å². The van der Waals surface area contributed by atoms with E-state index in [1.54, 1.807) is 18.3 Å². The Labute approximate surface area is 158 Å². The minimum atomic E-state index is 0.285. The molecule has 4 heterocycles. The van der Waals surface area contributed by atoms with Crippen molar-refractivity contribution in [2.45, 2.75) is 0 Å². The summed E-state index contributed by atoms with van der Waals surface area (Å²) >= 11 is 0. The SMILES string of the molecule is N#Cc1cccnc1N1CCN(c2cc(N3CCOCC3)nc(N)n2)CC1. The van der Waals surface area contributed by atoms with Gasteiger partial charge in [-0.2, -0.15) is 15.2 Å². The summed E-state index contributed by atoms with van der Waals surface area (Å²) in [6.07, 6.45) is 1.72. The van der Waals surface area contributed by atoms with Crippen molar-refractivity contribution >= 4 is 23.4 Å². The maximum absolute atomic E-state index is 9.29. The Hall–Kier alpha value is -3.12. The second-order valence-electron chi connectivity index (χ2n) is 6.50. The van der Waals surface area contributed by atoms with Gasteiger partial charge in [-0.3, -0.25) is 0 Å². The van der Waals surface area contributed by atoms with Crippen LogP contribution < -0.4 is 20.4 Å². The van der Waals surface area contributed by atoms with Crippen LogP contribution in [0, 0.1) is 11.3 Å². The van der Waals surface area contributed by atoms with E-state index >= 15 is 0 Å². The number of aromatic nitrogens is 3. The second-order valence-corrected chi connectivity index (χ2v) is 6.50. The zero-order valence-electron chi connectivity index (χ0n) is 15.1. The van der Waals surface area contributed by atoms with E-state index in [0.29, 0.717) is 18.8 Å². The minimum absolute atomic E-state index is 0.285. The molecule has 2 fully saturated rings. The third-order valence-electron chi connectivity index (χ3n) is 4.86. The number of pyridine rings is 1. The summed E-state index contributed by atoms with van der Waals surface area (Å²) in [5, 5.41) is 9.29. The van der Waals surface area contributed by atoms with Gasteiger partial charge in [-0.05, 0) is 12.1 Å². The Morgan fingerprint density at radius 3 is 2.26 bits per heavy atom. The van der Waals surface area contributed by atoms with E-state index < -0.39 is 0 Å². The van der Waals surface area contributed by atoms with Gasteiger partial charge in [0.05, 0.1) is 18.8 Å². The number of anilines is 4. The van der Waals surface area contributed by atoms with Crippen molar-refractivity contribution in [2.24, 2.45) is 0 Å². The fraction of sp³-hybridized carbons (Fsp3) is 0.444. The third-order valence-corrected chi connectivity index (χ3v) is 4.86. The van der Waals surface area contributed by atoms with Crippen molar-refractivity contribution < 1.29 is 4.74 Å². The van der Waals surface area contributed by atoms with E-state index in [1.165, 1.54) is 0 Å². The zero-order chi connectivity index (χ0) is 18.6. The lowest BCUT2D eigenvalue weighted by molar-refractivity contribution is 0.122. The minimum Gasteiger partial charge on any atom is -0.378 e. The molecular formula is C18H22N8O. The molecule has 4 rings (SSSR count). The van der Waals surface area contributed by atoms with Gasteiger partial charge in [0.15, 0.2) is 0 Å². The van der Waals surface area contributed by atoms with Crippen LogP contribution >= 0.6 is 0 Å². The summed E-state index contributed by atoms with van der Waals surface area (Å²) < 4.78 is 5.41. The van der Waals surface area contributed by atoms with Crippen LogP contribution in [0.4, 0.5) is 23.4 Å². The van der Waals surface area contributed by atoms with Crippen LogP contribution in [0.2, 0.25) is 0 Å². The highest BCUT2D eigenvalue weighted by atomic mass is 16.5. The average Bonchev–Trinajstić information content (AvgIpc) is 2.74. The highest BCUT2D eigenvalue weighted by Crippen LogP contribution is 2.24. The average molecular weight is 366 g/mol. The number of nitrogen functional groups attached to an aromatic ring is 1. The van der Waals surface area contributed by atoms with Gasteiger partial charge in [-0.1, -0.05) is 0 Å². The summed E-state index contributed by atoms with van der Waals surface area (Å²) in [5.41, 5.74) is 6.57. The molecule has 27 heavy (non-hydrogen) atoms. The summed E-state index contributed by atoms with van der Waals surface area (Å²) in [6.45, 7) is 6.10. The van der Waals surface area contributed by atoms with Gasteiger partial charge in [0.2, 0.25) is 5.95 Å². The second kappa shape index (κ2) is 7.63. The van der Waals surface area contributed by atoms with Crippen molar-refractivity contribution in [3.8, 4) is 6.07 Å². The molecular weight excluding hydrogens is 344 g/mol. The molecule has 140 valence electrons. The smallest absolute Gasteiger partial charge is 0.223 e. The van der Waals surface area contributed by atoms with Crippen molar-refractivity contribution in [3.05, 3.63) is 30.0 Å². The monoisotopic (exact) mass is 366 g/mol. The van der Waals surface area contributed by atoms with Gasteiger partial charge in [-0.25, -0.2) is 4.98 Å². The first-order valence-electron chi connectivity index (χ1n) is 9.07. The number of nitrogens with two attached hydrogens (primary N) is 1. The van der Waals surface area contributed by atoms with E-state index in [0.717, 1.165) is 56.7 Å². The quantitative estimate of drug-likeness (QED) is 0.830. The normalized spacial score (nSPS) is 17.7. The molecule has 2 aromatic rings. The van der Waals surface area contributed by atoms with E-state index in [9.17, 15) is 5.26 Å². The Kier molecular flexibility index (Phi) is 4.89. The Bertz CT molecular complexity index is 837. The molecule has 0 saturated carbocycles. The Balaban J connectivity index is 1.48. The molecule has 9 nitrogen and oxygen atoms in total. The molecule has 0 bridgehead atoms. The molecule has 2 aliphatic heterocycles. The third kappa shape index (κ3) is 3.71. The largest absolute Gasteiger partial charge is 0.378 e. The number of nitriles is 1. The standard InChI is InChI=1S/C18H22N8O/c19-13-14-2-1-3-21-17(14)26-6-4-24(5-7-26)15-12-16(23-18(20)22-15)25-8-10-27-11-9-25/h1-3,12H,4-11H2,(H2,20,22,23). The highest BCUT2D eigenvalue weighted by molar-refractivity contribution is 5.57. The first kappa shape index (κ1) is 17.3. The van der Waals surface area contributed by atoms with Crippen LogP contribution in [0.25, 0.3) is 0 Å². The molecule has 0 radical (unpaired) electrons. The van der Waals surface area contributed by atoms with Gasteiger partial charge in [-0.15, -0.1) is 0 Å². The lowest BCUT2D eigenvalue weighted by Crippen LogP contribution is -2.47. The molecule has 0 atom stereocenters. The fourth-order valence-electron chi connectivity index (χ4n) is 3.44. The first-order chi connectivity index (χ1) is 13.2. The Morgan fingerprint density at radius 1 is 0.963 bits per heavy atom. The molecule has 9 heteroatoms. The van der Waals surface area contributed by atoms with E-state index in [1.807, 2.05) is 6.07 Å². The maximum atomic E-state index is 9.29. The molecule has 0 spiro atoms. The summed E-state index contributed by atoms with van der Waals surface area (Å²) in [5.74, 6) is 2.72. The lowest BCUT2D eigenvalue weighted by Gasteiger charge is -2.36. The topological polar surface area (TPSA) is 107 Å². The number of hydrogen-bond donors (Lipinski definition) is 1. The molecule has 2 N–H and O–H groups in total. The fourth-order valence-corrected chi connectivity index (χ4v) is 3.44. The number of piperazine rings is 1. The maximum Gasteiger partial charge on any atom is 0.223 e. The molecule has 0 amide bonds. The van der Waals surface area contributed by atoms with E-state index in [-0.39, 0.29) is 5.95 Å². The highest BCUT2D eigenvalue weighted by Gasteiger charge is 2.23. The van der Waals surface area contributed by atoms with Crippen molar-refractivity contribution in [3.63, 3.8) is 0 Å². The Morgan fingerprint density at radius 2 is 1.59 bits per heavy atom. The van der Waals surface area contributed by atoms with Gasteiger partial charge < -0.3 is 25.2 Å². The van der Waals surface area contributed by atoms with Gasteiger partial charge in [0, 0.05) is 51.5 Å². The van der Waals surface area contributed by atoms with Crippen molar-refractivity contribution in [1.29, 1.82) is 5.26 Å². The van der Waals surface area contributed by atoms with Crippen LogP contribution in [0.5, 0.6) is 0 Å². The summed E-state index contributed by atoms with van der Waals surface area (Å²) in [7, 11) is 0. The number of rotatable bonds is 3. The van der Waals surface area contributed by atoms with Crippen LogP contribution in [-0.2, 0) is 4.74 Å². The predicted octanol–water partition coefficient (Wildman–Crippen LogP) is 0.489. The first-order valence-corrected chi connectivity index (χ1v) is 9.07. The molecule has 2 saturated heterocycles. The predicted molar refractivity (Wildman–Crippen MR) is 103 cm³/mol. The number of morpholine rings is 1. The van der Waals surface area contributed by atoms with Crippen LogP contribution in [0.3, 0.4) is 0 Å². The number of ether oxygens (including phenoxy) is 1. The van der Waals surface area contributed by atoms with E-state index in [4.69, 9.17) is 10.5 Å². The van der Waals surface area contributed by atoms with Crippen LogP contribution in [0.15, 0.2) is 24.4 Å². The number of hydrogen-bond acceptors (Lipinski definition) is 9. The zero-order valence-corrected chi connectivity index (χ0v) is 15.1. The molecule has 0 aromatic carbocycles. The van der Waals surface area contributed by atoms with Gasteiger partial charge >= 0.3 is 0 Å². The molecule has 2 aromatic heterocycles. The summed E-state index contributed by atoms with van der Waals surface area (Å²) in [6, 6.07) is 7.80.